The summed E-state index contributed by atoms with van der Waals surface area (Å²) in [6.45, 7) is 16.6. The van der Waals surface area contributed by atoms with Crippen LogP contribution in [0, 0.1) is 11.3 Å². The molecule has 2 nitrogen and oxygen atoms in total. The Hall–Kier alpha value is -0.0800. The van der Waals surface area contributed by atoms with E-state index in [1.54, 1.807) is 0 Å². The summed E-state index contributed by atoms with van der Waals surface area (Å²) in [5, 5.41) is 3.73. The van der Waals surface area contributed by atoms with Crippen LogP contribution in [0.1, 0.15) is 53.9 Å². The predicted molar refractivity (Wildman–Crippen MR) is 76.4 cm³/mol. The molecule has 1 heterocycles. The lowest BCUT2D eigenvalue weighted by atomic mass is 9.90. The molecule has 1 aliphatic rings. The van der Waals surface area contributed by atoms with Crippen LogP contribution in [-0.4, -0.2) is 37.1 Å². The molecule has 0 aromatic carbocycles. The molecule has 1 fully saturated rings. The molecule has 0 aromatic heterocycles. The van der Waals surface area contributed by atoms with Gasteiger partial charge in [-0.3, -0.25) is 0 Å². The van der Waals surface area contributed by atoms with Crippen molar-refractivity contribution in [3.63, 3.8) is 0 Å². The van der Waals surface area contributed by atoms with E-state index in [0.29, 0.717) is 11.5 Å². The summed E-state index contributed by atoms with van der Waals surface area (Å²) in [4.78, 5) is 2.59. The third kappa shape index (κ3) is 5.87. The highest BCUT2D eigenvalue weighted by atomic mass is 15.1. The first-order valence-electron chi connectivity index (χ1n) is 7.38. The van der Waals surface area contributed by atoms with Crippen LogP contribution in [-0.2, 0) is 0 Å². The van der Waals surface area contributed by atoms with Crippen molar-refractivity contribution in [2.45, 2.75) is 59.9 Å². The Kier molecular flexibility index (Phi) is 5.94. The van der Waals surface area contributed by atoms with Crippen LogP contribution in [0.2, 0.25) is 0 Å². The van der Waals surface area contributed by atoms with Crippen LogP contribution in [0.25, 0.3) is 0 Å². The van der Waals surface area contributed by atoms with Crippen molar-refractivity contribution in [3.05, 3.63) is 0 Å². The quantitative estimate of drug-likeness (QED) is 0.794. The number of piperidine rings is 1. The van der Waals surface area contributed by atoms with E-state index in [0.717, 1.165) is 12.5 Å². The summed E-state index contributed by atoms with van der Waals surface area (Å²) >= 11 is 0. The topological polar surface area (TPSA) is 15.3 Å². The zero-order valence-corrected chi connectivity index (χ0v) is 12.6. The summed E-state index contributed by atoms with van der Waals surface area (Å²) < 4.78 is 0. The van der Waals surface area contributed by atoms with Gasteiger partial charge in [-0.25, -0.2) is 0 Å². The van der Waals surface area contributed by atoms with Crippen molar-refractivity contribution in [1.29, 1.82) is 0 Å². The molecule has 1 aliphatic heterocycles. The second-order valence-electron chi connectivity index (χ2n) is 6.85. The number of hydrogen-bond donors (Lipinski definition) is 1. The molecule has 102 valence electrons. The van der Waals surface area contributed by atoms with Crippen LogP contribution in [0.15, 0.2) is 0 Å². The molecule has 0 amide bonds. The minimum absolute atomic E-state index is 0.453. The van der Waals surface area contributed by atoms with Gasteiger partial charge in [0.2, 0.25) is 0 Å². The molecule has 0 saturated carbocycles. The second-order valence-corrected chi connectivity index (χ2v) is 6.85. The number of likely N-dealkylation sites (tertiary alicyclic amines) is 1. The number of nitrogens with one attached hydrogen (secondary N) is 1. The summed E-state index contributed by atoms with van der Waals surface area (Å²) in [6.07, 6.45) is 4.05. The van der Waals surface area contributed by atoms with Crippen LogP contribution < -0.4 is 5.32 Å². The van der Waals surface area contributed by atoms with Gasteiger partial charge in [0.1, 0.15) is 0 Å². The van der Waals surface area contributed by atoms with Gasteiger partial charge in [0, 0.05) is 12.6 Å². The summed E-state index contributed by atoms with van der Waals surface area (Å²) in [5.41, 5.74) is 0.453. The third-order valence-electron chi connectivity index (χ3n) is 4.04. The molecule has 1 saturated heterocycles. The first-order valence-corrected chi connectivity index (χ1v) is 7.38. The first-order chi connectivity index (χ1) is 7.92. The fourth-order valence-electron chi connectivity index (χ4n) is 2.63. The number of hydrogen-bond acceptors (Lipinski definition) is 2. The minimum atomic E-state index is 0.453. The maximum absolute atomic E-state index is 3.73. The lowest BCUT2D eigenvalue weighted by molar-refractivity contribution is 0.155. The Bertz CT molecular complexity index is 207. The van der Waals surface area contributed by atoms with Crippen molar-refractivity contribution >= 4 is 0 Å². The van der Waals surface area contributed by atoms with Gasteiger partial charge in [-0.05, 0) is 57.2 Å². The maximum Gasteiger partial charge on any atom is 0.00792 e. The zero-order valence-electron chi connectivity index (χ0n) is 12.6. The summed E-state index contributed by atoms with van der Waals surface area (Å²) in [5.74, 6) is 0.851. The highest BCUT2D eigenvalue weighted by molar-refractivity contribution is 4.80. The molecule has 0 radical (unpaired) electrons. The molecular weight excluding hydrogens is 208 g/mol. The van der Waals surface area contributed by atoms with Crippen LogP contribution in [0.5, 0.6) is 0 Å². The van der Waals surface area contributed by atoms with Crippen LogP contribution >= 0.6 is 0 Å². The molecule has 0 aromatic rings. The van der Waals surface area contributed by atoms with Gasteiger partial charge >= 0.3 is 0 Å². The second kappa shape index (κ2) is 6.75. The minimum Gasteiger partial charge on any atom is -0.314 e. The van der Waals surface area contributed by atoms with E-state index in [9.17, 15) is 0 Å². The monoisotopic (exact) mass is 240 g/mol. The van der Waals surface area contributed by atoms with Crippen molar-refractivity contribution in [3.8, 4) is 0 Å². The Balaban J connectivity index is 2.24. The van der Waals surface area contributed by atoms with Crippen molar-refractivity contribution in [2.75, 3.05) is 26.2 Å². The molecule has 0 spiro atoms. The van der Waals surface area contributed by atoms with E-state index in [2.05, 4.69) is 44.8 Å². The van der Waals surface area contributed by atoms with Crippen LogP contribution in [0.4, 0.5) is 0 Å². The Morgan fingerprint density at radius 1 is 1.35 bits per heavy atom. The van der Waals surface area contributed by atoms with E-state index in [-0.39, 0.29) is 0 Å². The van der Waals surface area contributed by atoms with E-state index >= 15 is 0 Å². The normalized spacial score (nSPS) is 24.9. The van der Waals surface area contributed by atoms with Crippen molar-refractivity contribution in [1.82, 2.24) is 10.2 Å². The number of nitrogens with zero attached hydrogens (tertiary/aromatic N) is 1. The molecular formula is C15H32N2. The lowest BCUT2D eigenvalue weighted by Gasteiger charge is -2.35. The van der Waals surface area contributed by atoms with E-state index < -0.39 is 0 Å². The first kappa shape index (κ1) is 15.0. The molecule has 2 unspecified atom stereocenters. The standard InChI is InChI=1S/C15H32N2/c1-6-17-11-7-8-14(12-17)13(2)16-10-9-15(3,4)5/h13-14,16H,6-12H2,1-5H3. The molecule has 2 atom stereocenters. The fourth-order valence-corrected chi connectivity index (χ4v) is 2.63. The highest BCUT2D eigenvalue weighted by Crippen LogP contribution is 2.21. The van der Waals surface area contributed by atoms with Gasteiger partial charge in [-0.2, -0.15) is 0 Å². The van der Waals surface area contributed by atoms with Gasteiger partial charge in [0.15, 0.2) is 0 Å². The lowest BCUT2D eigenvalue weighted by Crippen LogP contribution is -2.44. The Morgan fingerprint density at radius 3 is 2.65 bits per heavy atom. The van der Waals surface area contributed by atoms with Crippen molar-refractivity contribution < 1.29 is 0 Å². The zero-order chi connectivity index (χ0) is 12.9. The highest BCUT2D eigenvalue weighted by Gasteiger charge is 2.23. The summed E-state index contributed by atoms with van der Waals surface area (Å²) in [6, 6.07) is 0.673. The smallest absolute Gasteiger partial charge is 0.00792 e. The molecule has 17 heavy (non-hydrogen) atoms. The SMILES string of the molecule is CCN1CCCC(C(C)NCCC(C)(C)C)C1. The van der Waals surface area contributed by atoms with Crippen molar-refractivity contribution in [2.24, 2.45) is 11.3 Å². The van der Waals surface area contributed by atoms with E-state index in [1.807, 2.05) is 0 Å². The van der Waals surface area contributed by atoms with Gasteiger partial charge in [-0.1, -0.05) is 27.7 Å². The summed E-state index contributed by atoms with van der Waals surface area (Å²) in [7, 11) is 0. The Labute approximate surface area is 108 Å². The fraction of sp³-hybridized carbons (Fsp3) is 1.00. The van der Waals surface area contributed by atoms with Gasteiger partial charge in [-0.15, -0.1) is 0 Å². The molecule has 1 N–H and O–H groups in total. The largest absolute Gasteiger partial charge is 0.314 e. The average molecular weight is 240 g/mol. The van der Waals surface area contributed by atoms with Gasteiger partial charge in [0.25, 0.3) is 0 Å². The third-order valence-corrected chi connectivity index (χ3v) is 4.04. The van der Waals surface area contributed by atoms with Gasteiger partial charge < -0.3 is 10.2 Å². The van der Waals surface area contributed by atoms with E-state index in [4.69, 9.17) is 0 Å². The Morgan fingerprint density at radius 2 is 2.06 bits per heavy atom. The van der Waals surface area contributed by atoms with E-state index in [1.165, 1.54) is 38.9 Å². The molecule has 0 bridgehead atoms. The van der Waals surface area contributed by atoms with Crippen LogP contribution in [0.3, 0.4) is 0 Å². The maximum atomic E-state index is 3.73. The molecule has 2 heteroatoms. The number of rotatable bonds is 5. The molecule has 1 rings (SSSR count). The average Bonchev–Trinajstić information content (AvgIpc) is 2.27. The molecule has 0 aliphatic carbocycles. The van der Waals surface area contributed by atoms with Gasteiger partial charge in [0.05, 0.1) is 0 Å². The predicted octanol–water partition coefficient (Wildman–Crippen LogP) is 3.13.